The lowest BCUT2D eigenvalue weighted by Gasteiger charge is -2.35. The van der Waals surface area contributed by atoms with Crippen LogP contribution in [0.5, 0.6) is 0 Å². The maximum absolute atomic E-state index is 13.5. The lowest BCUT2D eigenvalue weighted by Crippen LogP contribution is -2.54. The van der Waals surface area contributed by atoms with E-state index in [-0.39, 0.29) is 22.6 Å². The van der Waals surface area contributed by atoms with E-state index in [9.17, 15) is 31.4 Å². The van der Waals surface area contributed by atoms with Crippen molar-refractivity contribution in [2.45, 2.75) is 44.3 Å². The molecule has 3 aromatic rings. The summed E-state index contributed by atoms with van der Waals surface area (Å²) in [5.74, 6) is 0. The van der Waals surface area contributed by atoms with Crippen LogP contribution in [0.2, 0.25) is 0 Å². The number of aliphatic hydroxyl groups is 2. The van der Waals surface area contributed by atoms with Crippen molar-refractivity contribution in [3.05, 3.63) is 81.7 Å². The van der Waals surface area contributed by atoms with Gasteiger partial charge in [-0.2, -0.15) is 26.3 Å². The largest absolute Gasteiger partial charge is 0.430 e. The molecule has 0 saturated heterocycles. The van der Waals surface area contributed by atoms with Gasteiger partial charge < -0.3 is 10.2 Å². The second-order valence-electron chi connectivity index (χ2n) is 7.50. The SMILES string of the molecule is Cc1cccc(-c2cc(CCc3ccc(CO)cc3)cs2)c1C(O)(C(F)(F)F)C(F)(F)F. The fourth-order valence-electron chi connectivity index (χ4n) is 3.55. The van der Waals surface area contributed by atoms with Gasteiger partial charge in [-0.05, 0) is 59.0 Å². The van der Waals surface area contributed by atoms with E-state index in [0.717, 1.165) is 47.1 Å². The summed E-state index contributed by atoms with van der Waals surface area (Å²) in [7, 11) is 0. The van der Waals surface area contributed by atoms with Crippen LogP contribution in [0, 0.1) is 6.92 Å². The van der Waals surface area contributed by atoms with E-state index in [1.54, 1.807) is 23.6 Å². The highest BCUT2D eigenvalue weighted by Gasteiger charge is 2.72. The molecule has 2 nitrogen and oxygen atoms in total. The normalized spacial score (nSPS) is 12.9. The van der Waals surface area contributed by atoms with Crippen molar-refractivity contribution in [1.29, 1.82) is 0 Å². The van der Waals surface area contributed by atoms with Crippen molar-refractivity contribution < 1.29 is 36.6 Å². The average Bonchev–Trinajstić information content (AvgIpc) is 3.19. The second kappa shape index (κ2) is 8.88. The van der Waals surface area contributed by atoms with E-state index in [2.05, 4.69) is 0 Å². The van der Waals surface area contributed by atoms with Gasteiger partial charge in [0.1, 0.15) is 0 Å². The van der Waals surface area contributed by atoms with Crippen molar-refractivity contribution in [2.24, 2.45) is 0 Å². The molecule has 0 aliphatic carbocycles. The minimum Gasteiger partial charge on any atom is -0.392 e. The Morgan fingerprint density at radius 3 is 1.94 bits per heavy atom. The Morgan fingerprint density at radius 1 is 0.812 bits per heavy atom. The Hall–Kier alpha value is -2.36. The zero-order valence-corrected chi connectivity index (χ0v) is 17.7. The molecule has 9 heteroatoms. The van der Waals surface area contributed by atoms with Crippen LogP contribution in [0.25, 0.3) is 10.4 Å². The van der Waals surface area contributed by atoms with Gasteiger partial charge in [-0.1, -0.05) is 42.5 Å². The maximum atomic E-state index is 13.5. The van der Waals surface area contributed by atoms with Gasteiger partial charge in [-0.15, -0.1) is 11.3 Å². The molecule has 2 aromatic carbocycles. The zero-order valence-electron chi connectivity index (χ0n) is 16.9. The highest BCUT2D eigenvalue weighted by molar-refractivity contribution is 7.13. The Balaban J connectivity index is 1.96. The van der Waals surface area contributed by atoms with E-state index in [1.807, 2.05) is 12.1 Å². The summed E-state index contributed by atoms with van der Waals surface area (Å²) in [6.45, 7) is 1.04. The molecular weight excluding hydrogens is 454 g/mol. The Labute approximate surface area is 184 Å². The van der Waals surface area contributed by atoms with E-state index < -0.39 is 23.5 Å². The molecule has 2 N–H and O–H groups in total. The van der Waals surface area contributed by atoms with Crippen molar-refractivity contribution >= 4 is 11.3 Å². The third-order valence-electron chi connectivity index (χ3n) is 5.28. The number of hydrogen-bond donors (Lipinski definition) is 2. The molecular formula is C23H20F6O2S. The van der Waals surface area contributed by atoms with Crippen LogP contribution in [0.15, 0.2) is 53.9 Å². The molecule has 3 rings (SSSR count). The summed E-state index contributed by atoms with van der Waals surface area (Å²) in [5, 5.41) is 20.8. The molecule has 1 aromatic heterocycles. The van der Waals surface area contributed by atoms with Crippen molar-refractivity contribution in [3.63, 3.8) is 0 Å². The zero-order chi connectivity index (χ0) is 23.7. The predicted molar refractivity (Wildman–Crippen MR) is 110 cm³/mol. The molecule has 172 valence electrons. The van der Waals surface area contributed by atoms with Crippen LogP contribution in [0.4, 0.5) is 26.3 Å². The Bertz CT molecular complexity index is 1050. The molecule has 0 amide bonds. The van der Waals surface area contributed by atoms with E-state index in [0.29, 0.717) is 12.8 Å². The van der Waals surface area contributed by atoms with Gasteiger partial charge in [-0.25, -0.2) is 0 Å². The highest BCUT2D eigenvalue weighted by atomic mass is 32.1. The van der Waals surface area contributed by atoms with Gasteiger partial charge in [0, 0.05) is 10.4 Å². The summed E-state index contributed by atoms with van der Waals surface area (Å²) < 4.78 is 81.3. The monoisotopic (exact) mass is 474 g/mol. The first-order valence-electron chi connectivity index (χ1n) is 9.61. The molecule has 0 radical (unpaired) electrons. The smallest absolute Gasteiger partial charge is 0.392 e. The summed E-state index contributed by atoms with van der Waals surface area (Å²) in [5.41, 5.74) is -4.29. The summed E-state index contributed by atoms with van der Waals surface area (Å²) in [6, 6.07) is 12.5. The fourth-order valence-corrected chi connectivity index (χ4v) is 4.53. The Morgan fingerprint density at radius 2 is 1.38 bits per heavy atom. The first kappa shape index (κ1) is 24.3. The predicted octanol–water partition coefficient (Wildman–Crippen LogP) is 6.31. The Kier molecular flexibility index (Phi) is 6.74. The molecule has 0 unspecified atom stereocenters. The third-order valence-corrected chi connectivity index (χ3v) is 6.29. The van der Waals surface area contributed by atoms with Crippen LogP contribution in [0.3, 0.4) is 0 Å². The molecule has 0 bridgehead atoms. The van der Waals surface area contributed by atoms with E-state index >= 15 is 0 Å². The molecule has 0 saturated carbocycles. The standard InChI is InChI=1S/C23H20F6O2S/c1-14-3-2-4-18(20(14)21(31,22(24,25)26)23(27,28)29)19-11-17(13-32-19)10-7-15-5-8-16(12-30)9-6-15/h2-6,8-9,11,13,30-31H,7,10,12H2,1H3. The second-order valence-corrected chi connectivity index (χ2v) is 8.41. The van der Waals surface area contributed by atoms with Crippen LogP contribution >= 0.6 is 11.3 Å². The van der Waals surface area contributed by atoms with Gasteiger partial charge in [0.25, 0.3) is 5.60 Å². The van der Waals surface area contributed by atoms with Gasteiger partial charge in [-0.3, -0.25) is 0 Å². The number of thiophene rings is 1. The van der Waals surface area contributed by atoms with Gasteiger partial charge in [0.05, 0.1) is 6.61 Å². The number of halogens is 6. The average molecular weight is 474 g/mol. The number of aryl methyl sites for hydroxylation is 3. The van der Waals surface area contributed by atoms with Crippen molar-refractivity contribution in [2.75, 3.05) is 0 Å². The lowest BCUT2D eigenvalue weighted by molar-refractivity contribution is -0.376. The van der Waals surface area contributed by atoms with Gasteiger partial charge in [0.2, 0.25) is 0 Å². The highest BCUT2D eigenvalue weighted by Crippen LogP contribution is 2.53. The third kappa shape index (κ3) is 4.55. The fraction of sp³-hybridized carbons (Fsp3) is 0.304. The summed E-state index contributed by atoms with van der Waals surface area (Å²) in [6.07, 6.45) is -10.8. The lowest BCUT2D eigenvalue weighted by atomic mass is 9.84. The molecule has 0 fully saturated rings. The van der Waals surface area contributed by atoms with E-state index in [1.165, 1.54) is 6.07 Å². The minimum absolute atomic E-state index is 0.0742. The molecule has 1 heterocycles. The van der Waals surface area contributed by atoms with Crippen molar-refractivity contribution in [3.8, 4) is 10.4 Å². The number of hydrogen-bond acceptors (Lipinski definition) is 3. The number of alkyl halides is 6. The number of aliphatic hydroxyl groups excluding tert-OH is 1. The van der Waals surface area contributed by atoms with E-state index in [4.69, 9.17) is 5.11 Å². The first-order valence-corrected chi connectivity index (χ1v) is 10.5. The van der Waals surface area contributed by atoms with Crippen LogP contribution in [-0.2, 0) is 25.0 Å². The molecule has 0 aliphatic heterocycles. The topological polar surface area (TPSA) is 40.5 Å². The molecule has 32 heavy (non-hydrogen) atoms. The van der Waals surface area contributed by atoms with Crippen LogP contribution in [0.1, 0.15) is 27.8 Å². The minimum atomic E-state index is -5.95. The maximum Gasteiger partial charge on any atom is 0.430 e. The summed E-state index contributed by atoms with van der Waals surface area (Å²) in [4.78, 5) is 0.209. The summed E-state index contributed by atoms with van der Waals surface area (Å²) >= 11 is 1.03. The van der Waals surface area contributed by atoms with Gasteiger partial charge >= 0.3 is 12.4 Å². The number of rotatable bonds is 6. The molecule has 0 atom stereocenters. The van der Waals surface area contributed by atoms with Crippen molar-refractivity contribution in [1.82, 2.24) is 0 Å². The first-order chi connectivity index (χ1) is 14.9. The molecule has 0 spiro atoms. The van der Waals surface area contributed by atoms with Gasteiger partial charge in [0.15, 0.2) is 0 Å². The molecule has 0 aliphatic rings. The van der Waals surface area contributed by atoms with Crippen LogP contribution < -0.4 is 0 Å². The number of benzene rings is 2. The quantitative estimate of drug-likeness (QED) is 0.411. The van der Waals surface area contributed by atoms with Crippen LogP contribution in [-0.4, -0.2) is 22.6 Å².